The predicted octanol–water partition coefficient (Wildman–Crippen LogP) is 3.00. The Morgan fingerprint density at radius 2 is 1.93 bits per heavy atom. The Morgan fingerprint density at radius 1 is 1.29 bits per heavy atom. The molecular weight excluding hydrogens is 174 g/mol. The molecule has 14 heavy (non-hydrogen) atoms. The number of nitrogens with two attached hydrogens (primary N) is 1. The molecule has 1 aromatic heterocycles. The molecule has 1 aromatic rings. The Kier molecular flexibility index (Phi) is 4.50. The highest BCUT2D eigenvalue weighted by Gasteiger charge is 2.15. The molecule has 0 bridgehead atoms. The van der Waals surface area contributed by atoms with Crippen molar-refractivity contribution in [1.82, 2.24) is 9.78 Å². The van der Waals surface area contributed by atoms with Crippen molar-refractivity contribution in [2.75, 3.05) is 5.73 Å². The van der Waals surface area contributed by atoms with Crippen molar-refractivity contribution in [3.63, 3.8) is 0 Å². The van der Waals surface area contributed by atoms with Crippen LogP contribution in [0.1, 0.15) is 52.0 Å². The Labute approximate surface area is 86.3 Å². The Morgan fingerprint density at radius 3 is 2.43 bits per heavy atom. The molecular formula is C11H21N3. The number of nitrogen functional groups attached to an aromatic ring is 1. The van der Waals surface area contributed by atoms with Crippen LogP contribution >= 0.6 is 0 Å². The summed E-state index contributed by atoms with van der Waals surface area (Å²) in [5.41, 5.74) is 6.38. The van der Waals surface area contributed by atoms with E-state index in [2.05, 4.69) is 5.10 Å². The first-order valence-electron chi connectivity index (χ1n) is 5.66. The first kappa shape index (κ1) is 11.1. The molecule has 2 N–H and O–H groups in total. The lowest BCUT2D eigenvalue weighted by molar-refractivity contribution is 0.329. The molecule has 1 saturated carbocycles. The van der Waals surface area contributed by atoms with Gasteiger partial charge >= 0.3 is 0 Å². The number of anilines is 1. The molecule has 0 spiro atoms. The van der Waals surface area contributed by atoms with Gasteiger partial charge in [-0.25, -0.2) is 0 Å². The fraction of sp³-hybridized carbons (Fsp3) is 0.727. The van der Waals surface area contributed by atoms with Crippen LogP contribution in [0.15, 0.2) is 12.4 Å². The zero-order chi connectivity index (χ0) is 10.4. The van der Waals surface area contributed by atoms with Crippen LogP contribution in [0.25, 0.3) is 0 Å². The Balaban J connectivity index is 0.000000461. The summed E-state index contributed by atoms with van der Waals surface area (Å²) in [6.45, 7) is 4.00. The molecule has 1 heterocycles. The maximum Gasteiger partial charge on any atom is 0.0719 e. The van der Waals surface area contributed by atoms with Gasteiger partial charge in [-0.05, 0) is 12.8 Å². The summed E-state index contributed by atoms with van der Waals surface area (Å²) in [7, 11) is 0. The SMILES string of the molecule is CC.Nc1cnn(C2CCCCC2)c1. The van der Waals surface area contributed by atoms with E-state index in [1.165, 1.54) is 32.1 Å². The molecule has 1 aliphatic carbocycles. The summed E-state index contributed by atoms with van der Waals surface area (Å²) in [4.78, 5) is 0. The van der Waals surface area contributed by atoms with Gasteiger partial charge in [0.1, 0.15) is 0 Å². The predicted molar refractivity (Wildman–Crippen MR) is 60.1 cm³/mol. The van der Waals surface area contributed by atoms with Crippen molar-refractivity contribution in [3.05, 3.63) is 12.4 Å². The first-order valence-corrected chi connectivity index (χ1v) is 5.66. The molecule has 0 atom stereocenters. The van der Waals surface area contributed by atoms with Gasteiger partial charge in [-0.1, -0.05) is 33.1 Å². The number of nitrogens with zero attached hydrogens (tertiary/aromatic N) is 2. The number of hydrogen-bond acceptors (Lipinski definition) is 2. The van der Waals surface area contributed by atoms with E-state index in [1.807, 2.05) is 24.7 Å². The van der Waals surface area contributed by atoms with Crippen molar-refractivity contribution < 1.29 is 0 Å². The summed E-state index contributed by atoms with van der Waals surface area (Å²) in [5.74, 6) is 0. The highest BCUT2D eigenvalue weighted by atomic mass is 15.3. The minimum atomic E-state index is 0.607. The number of rotatable bonds is 1. The summed E-state index contributed by atoms with van der Waals surface area (Å²) in [6, 6.07) is 0.607. The van der Waals surface area contributed by atoms with Crippen molar-refractivity contribution in [2.24, 2.45) is 0 Å². The second kappa shape index (κ2) is 5.68. The highest BCUT2D eigenvalue weighted by Crippen LogP contribution is 2.27. The third-order valence-electron chi connectivity index (χ3n) is 2.57. The van der Waals surface area contributed by atoms with Crippen LogP contribution in [0.2, 0.25) is 0 Å². The second-order valence-electron chi connectivity index (χ2n) is 3.55. The van der Waals surface area contributed by atoms with Gasteiger partial charge in [0, 0.05) is 6.20 Å². The lowest BCUT2D eigenvalue weighted by Gasteiger charge is -2.21. The van der Waals surface area contributed by atoms with Gasteiger partial charge in [0.05, 0.1) is 17.9 Å². The molecule has 2 rings (SSSR count). The largest absolute Gasteiger partial charge is 0.396 e. The summed E-state index contributed by atoms with van der Waals surface area (Å²) in [6.07, 6.45) is 10.3. The zero-order valence-corrected chi connectivity index (χ0v) is 9.24. The molecule has 0 saturated heterocycles. The molecule has 1 fully saturated rings. The van der Waals surface area contributed by atoms with E-state index in [0.29, 0.717) is 6.04 Å². The average molecular weight is 195 g/mol. The standard InChI is InChI=1S/C9H15N3.C2H6/c10-8-6-11-12(7-8)9-4-2-1-3-5-9;1-2/h6-7,9H,1-5,10H2;1-2H3. The van der Waals surface area contributed by atoms with Gasteiger partial charge in [0.15, 0.2) is 0 Å². The van der Waals surface area contributed by atoms with Crippen LogP contribution < -0.4 is 5.73 Å². The van der Waals surface area contributed by atoms with Gasteiger partial charge in [0.2, 0.25) is 0 Å². The van der Waals surface area contributed by atoms with Gasteiger partial charge in [0.25, 0.3) is 0 Å². The zero-order valence-electron chi connectivity index (χ0n) is 9.24. The van der Waals surface area contributed by atoms with Crippen LogP contribution in [-0.2, 0) is 0 Å². The quantitative estimate of drug-likeness (QED) is 0.748. The topological polar surface area (TPSA) is 43.8 Å². The van der Waals surface area contributed by atoms with Crippen molar-refractivity contribution in [3.8, 4) is 0 Å². The first-order chi connectivity index (χ1) is 6.86. The van der Waals surface area contributed by atoms with Gasteiger partial charge < -0.3 is 5.73 Å². The fourth-order valence-electron chi connectivity index (χ4n) is 1.90. The molecule has 0 aromatic carbocycles. The summed E-state index contributed by atoms with van der Waals surface area (Å²) < 4.78 is 2.02. The molecule has 1 aliphatic rings. The van der Waals surface area contributed by atoms with E-state index in [9.17, 15) is 0 Å². The molecule has 0 aliphatic heterocycles. The molecule has 3 nitrogen and oxygen atoms in total. The van der Waals surface area contributed by atoms with Crippen LogP contribution in [-0.4, -0.2) is 9.78 Å². The normalized spacial score (nSPS) is 17.3. The van der Waals surface area contributed by atoms with E-state index in [1.54, 1.807) is 6.20 Å². The van der Waals surface area contributed by atoms with E-state index < -0.39 is 0 Å². The third kappa shape index (κ3) is 2.76. The molecule has 0 radical (unpaired) electrons. The summed E-state index contributed by atoms with van der Waals surface area (Å²) >= 11 is 0. The minimum Gasteiger partial charge on any atom is -0.396 e. The van der Waals surface area contributed by atoms with Crippen molar-refractivity contribution >= 4 is 5.69 Å². The smallest absolute Gasteiger partial charge is 0.0719 e. The monoisotopic (exact) mass is 195 g/mol. The van der Waals surface area contributed by atoms with Gasteiger partial charge in [-0.2, -0.15) is 5.10 Å². The van der Waals surface area contributed by atoms with Crippen molar-refractivity contribution in [2.45, 2.75) is 52.0 Å². The number of aromatic nitrogens is 2. The number of hydrogen-bond donors (Lipinski definition) is 1. The highest BCUT2D eigenvalue weighted by molar-refractivity contribution is 5.30. The molecule has 0 unspecified atom stereocenters. The maximum absolute atomic E-state index is 5.60. The molecule has 3 heteroatoms. The summed E-state index contributed by atoms with van der Waals surface area (Å²) in [5, 5.41) is 4.23. The second-order valence-corrected chi connectivity index (χ2v) is 3.55. The molecule has 0 amide bonds. The van der Waals surface area contributed by atoms with E-state index in [0.717, 1.165) is 5.69 Å². The Bertz CT molecular complexity index is 249. The van der Waals surface area contributed by atoms with Crippen LogP contribution in [0.3, 0.4) is 0 Å². The third-order valence-corrected chi connectivity index (χ3v) is 2.57. The van der Waals surface area contributed by atoms with Crippen LogP contribution in [0.4, 0.5) is 5.69 Å². The van der Waals surface area contributed by atoms with Crippen molar-refractivity contribution in [1.29, 1.82) is 0 Å². The van der Waals surface area contributed by atoms with E-state index >= 15 is 0 Å². The van der Waals surface area contributed by atoms with Gasteiger partial charge in [-0.3, -0.25) is 4.68 Å². The van der Waals surface area contributed by atoms with Crippen LogP contribution in [0, 0.1) is 0 Å². The fourth-order valence-corrected chi connectivity index (χ4v) is 1.90. The van der Waals surface area contributed by atoms with E-state index in [4.69, 9.17) is 5.73 Å². The Hall–Kier alpha value is -0.990. The average Bonchev–Trinajstić information content (AvgIpc) is 2.69. The lowest BCUT2D eigenvalue weighted by Crippen LogP contribution is -2.12. The lowest BCUT2D eigenvalue weighted by atomic mass is 9.96. The molecule has 80 valence electrons. The van der Waals surface area contributed by atoms with Gasteiger partial charge in [-0.15, -0.1) is 0 Å². The maximum atomic E-state index is 5.60. The van der Waals surface area contributed by atoms with Crippen LogP contribution in [0.5, 0.6) is 0 Å². The van der Waals surface area contributed by atoms with E-state index in [-0.39, 0.29) is 0 Å². The minimum absolute atomic E-state index is 0.607.